The fraction of sp³-hybridized carbons (Fsp3) is 0.417. The third kappa shape index (κ3) is 3.49. The van der Waals surface area contributed by atoms with Crippen LogP contribution in [-0.4, -0.2) is 40.5 Å². The SMILES string of the molecule is O=C(O)N[C@H]1CCCN(c2ccncc2N=C=S)C1. The van der Waals surface area contributed by atoms with Crippen molar-refractivity contribution in [2.75, 3.05) is 18.0 Å². The van der Waals surface area contributed by atoms with Crippen molar-refractivity contribution >= 4 is 34.8 Å². The van der Waals surface area contributed by atoms with Crippen LogP contribution in [0.5, 0.6) is 0 Å². The molecule has 1 aromatic rings. The second-order valence-electron chi connectivity index (χ2n) is 4.30. The number of nitrogens with zero attached hydrogens (tertiary/aromatic N) is 3. The van der Waals surface area contributed by atoms with Crippen molar-refractivity contribution in [2.45, 2.75) is 18.9 Å². The molecule has 100 valence electrons. The Morgan fingerprint density at radius 3 is 3.26 bits per heavy atom. The summed E-state index contributed by atoms with van der Waals surface area (Å²) in [6.07, 6.45) is 4.10. The number of carboxylic acid groups (broad SMARTS) is 1. The van der Waals surface area contributed by atoms with Gasteiger partial charge in [0.1, 0.15) is 5.69 Å². The van der Waals surface area contributed by atoms with Crippen LogP contribution in [0.15, 0.2) is 23.5 Å². The molecule has 1 aliphatic heterocycles. The molecule has 0 aliphatic carbocycles. The second kappa shape index (κ2) is 6.26. The summed E-state index contributed by atoms with van der Waals surface area (Å²) in [4.78, 5) is 20.8. The highest BCUT2D eigenvalue weighted by Crippen LogP contribution is 2.29. The van der Waals surface area contributed by atoms with E-state index in [9.17, 15) is 4.79 Å². The average molecular weight is 278 g/mol. The summed E-state index contributed by atoms with van der Waals surface area (Å²) >= 11 is 4.62. The van der Waals surface area contributed by atoms with Gasteiger partial charge in [-0.1, -0.05) is 0 Å². The molecule has 1 saturated heterocycles. The van der Waals surface area contributed by atoms with Crippen LogP contribution in [0.2, 0.25) is 0 Å². The fourth-order valence-electron chi connectivity index (χ4n) is 2.27. The summed E-state index contributed by atoms with van der Waals surface area (Å²) < 4.78 is 0. The number of anilines is 1. The van der Waals surface area contributed by atoms with Gasteiger partial charge in [0.15, 0.2) is 0 Å². The number of nitrogens with one attached hydrogen (secondary N) is 1. The van der Waals surface area contributed by atoms with Crippen LogP contribution < -0.4 is 10.2 Å². The number of carbonyl (C=O) groups is 1. The lowest BCUT2D eigenvalue weighted by Crippen LogP contribution is -2.47. The van der Waals surface area contributed by atoms with Crippen molar-refractivity contribution in [1.29, 1.82) is 0 Å². The molecule has 1 amide bonds. The monoisotopic (exact) mass is 278 g/mol. The van der Waals surface area contributed by atoms with E-state index in [4.69, 9.17) is 5.11 Å². The smallest absolute Gasteiger partial charge is 0.404 e. The number of thiocarbonyl (C=S) groups is 1. The Labute approximate surface area is 116 Å². The molecule has 0 aromatic carbocycles. The van der Waals surface area contributed by atoms with Gasteiger partial charge in [0.25, 0.3) is 0 Å². The molecular weight excluding hydrogens is 264 g/mol. The summed E-state index contributed by atoms with van der Waals surface area (Å²) in [6.45, 7) is 1.48. The zero-order valence-electron chi connectivity index (χ0n) is 10.2. The third-order valence-corrected chi connectivity index (χ3v) is 3.12. The van der Waals surface area contributed by atoms with Crippen LogP contribution >= 0.6 is 12.2 Å². The first kappa shape index (κ1) is 13.5. The molecule has 0 saturated carbocycles. The van der Waals surface area contributed by atoms with Crippen molar-refractivity contribution in [2.24, 2.45) is 4.99 Å². The molecule has 7 heteroatoms. The summed E-state index contributed by atoms with van der Waals surface area (Å²) in [5.74, 6) is 0. The van der Waals surface area contributed by atoms with Crippen molar-refractivity contribution in [3.8, 4) is 0 Å². The highest BCUT2D eigenvalue weighted by atomic mass is 32.1. The zero-order chi connectivity index (χ0) is 13.7. The number of isothiocyanates is 1. The maximum atomic E-state index is 10.7. The topological polar surface area (TPSA) is 77.8 Å². The fourth-order valence-corrected chi connectivity index (χ4v) is 2.37. The number of hydrogen-bond acceptors (Lipinski definition) is 5. The average Bonchev–Trinajstić information content (AvgIpc) is 2.39. The normalized spacial score (nSPS) is 18.5. The first-order valence-corrected chi connectivity index (χ1v) is 6.38. The predicted octanol–water partition coefficient (Wildman–Crippen LogP) is 2.05. The zero-order valence-corrected chi connectivity index (χ0v) is 11.1. The first-order valence-electron chi connectivity index (χ1n) is 5.97. The minimum atomic E-state index is -0.987. The van der Waals surface area contributed by atoms with Crippen LogP contribution in [0.1, 0.15) is 12.8 Å². The molecule has 6 nitrogen and oxygen atoms in total. The number of aromatic nitrogens is 1. The Balaban J connectivity index is 2.17. The van der Waals surface area contributed by atoms with Gasteiger partial charge in [0.2, 0.25) is 0 Å². The summed E-state index contributed by atoms with van der Waals surface area (Å²) in [5.41, 5.74) is 1.57. The van der Waals surface area contributed by atoms with E-state index in [0.717, 1.165) is 25.1 Å². The number of amides is 1. The Kier molecular flexibility index (Phi) is 4.43. The molecule has 2 heterocycles. The van der Waals surface area contributed by atoms with E-state index in [2.05, 4.69) is 37.6 Å². The van der Waals surface area contributed by atoms with Gasteiger partial charge in [-0.25, -0.2) is 4.79 Å². The summed E-state index contributed by atoms with van der Waals surface area (Å²) in [5, 5.41) is 13.6. The molecule has 1 fully saturated rings. The van der Waals surface area contributed by atoms with Gasteiger partial charge < -0.3 is 15.3 Å². The van der Waals surface area contributed by atoms with Gasteiger partial charge >= 0.3 is 6.09 Å². The van der Waals surface area contributed by atoms with E-state index in [1.807, 2.05) is 6.07 Å². The molecule has 1 aliphatic rings. The largest absolute Gasteiger partial charge is 0.465 e. The standard InChI is InChI=1S/C12H14N4O2S/c17-12(18)15-9-2-1-5-16(7-9)11-3-4-13-6-10(11)14-8-19/h3-4,6,9,15H,1-2,5,7H2,(H,17,18)/t9-/m0/s1. The first-order chi connectivity index (χ1) is 9.20. The number of pyridine rings is 1. The third-order valence-electron chi connectivity index (χ3n) is 3.03. The van der Waals surface area contributed by atoms with Gasteiger partial charge in [-0.15, -0.1) is 0 Å². The Morgan fingerprint density at radius 2 is 2.53 bits per heavy atom. The van der Waals surface area contributed by atoms with Crippen molar-refractivity contribution < 1.29 is 9.90 Å². The van der Waals surface area contributed by atoms with E-state index in [-0.39, 0.29) is 6.04 Å². The highest BCUT2D eigenvalue weighted by Gasteiger charge is 2.22. The second-order valence-corrected chi connectivity index (χ2v) is 4.48. The molecule has 0 radical (unpaired) electrons. The van der Waals surface area contributed by atoms with Crippen LogP contribution in [0, 0.1) is 0 Å². The minimum absolute atomic E-state index is 0.0660. The van der Waals surface area contributed by atoms with Crippen molar-refractivity contribution in [3.63, 3.8) is 0 Å². The molecule has 19 heavy (non-hydrogen) atoms. The lowest BCUT2D eigenvalue weighted by molar-refractivity contribution is 0.188. The number of piperidine rings is 1. The van der Waals surface area contributed by atoms with Crippen molar-refractivity contribution in [3.05, 3.63) is 18.5 Å². The molecule has 1 aromatic heterocycles. The van der Waals surface area contributed by atoms with Gasteiger partial charge in [0.05, 0.1) is 17.0 Å². The lowest BCUT2D eigenvalue weighted by atomic mass is 10.1. The quantitative estimate of drug-likeness (QED) is 0.653. The summed E-state index contributed by atoms with van der Waals surface area (Å²) in [6, 6.07) is 1.79. The number of aliphatic imine (C=N–C) groups is 1. The maximum absolute atomic E-state index is 10.7. The van der Waals surface area contributed by atoms with Gasteiger partial charge in [0, 0.05) is 25.3 Å². The van der Waals surface area contributed by atoms with E-state index in [1.54, 1.807) is 12.4 Å². The Morgan fingerprint density at radius 1 is 1.68 bits per heavy atom. The Bertz CT molecular complexity index is 516. The molecular formula is C12H14N4O2S. The maximum Gasteiger partial charge on any atom is 0.404 e. The van der Waals surface area contributed by atoms with Crippen LogP contribution in [0.3, 0.4) is 0 Å². The highest BCUT2D eigenvalue weighted by molar-refractivity contribution is 7.78. The molecule has 0 bridgehead atoms. The van der Waals surface area contributed by atoms with Crippen LogP contribution in [-0.2, 0) is 0 Å². The van der Waals surface area contributed by atoms with E-state index >= 15 is 0 Å². The molecule has 0 spiro atoms. The molecule has 2 rings (SSSR count). The minimum Gasteiger partial charge on any atom is -0.465 e. The van der Waals surface area contributed by atoms with Crippen LogP contribution in [0.25, 0.3) is 0 Å². The van der Waals surface area contributed by atoms with Crippen LogP contribution in [0.4, 0.5) is 16.2 Å². The molecule has 2 N–H and O–H groups in total. The van der Waals surface area contributed by atoms with Gasteiger partial charge in [-0.3, -0.25) is 4.98 Å². The number of hydrogen-bond donors (Lipinski definition) is 2. The molecule has 0 unspecified atom stereocenters. The summed E-state index contributed by atoms with van der Waals surface area (Å²) in [7, 11) is 0. The number of rotatable bonds is 3. The van der Waals surface area contributed by atoms with E-state index in [1.165, 1.54) is 0 Å². The predicted molar refractivity (Wildman–Crippen MR) is 75.3 cm³/mol. The van der Waals surface area contributed by atoms with Crippen molar-refractivity contribution in [1.82, 2.24) is 10.3 Å². The lowest BCUT2D eigenvalue weighted by Gasteiger charge is -2.34. The molecule has 1 atom stereocenters. The van der Waals surface area contributed by atoms with E-state index < -0.39 is 6.09 Å². The van der Waals surface area contributed by atoms with Gasteiger partial charge in [-0.2, -0.15) is 4.99 Å². The van der Waals surface area contributed by atoms with Gasteiger partial charge in [-0.05, 0) is 31.1 Å². The van der Waals surface area contributed by atoms with E-state index in [0.29, 0.717) is 12.2 Å². The Hall–Kier alpha value is -1.98.